The summed E-state index contributed by atoms with van der Waals surface area (Å²) in [5, 5.41) is 2.84. The molecule has 0 aliphatic carbocycles. The second-order valence-electron chi connectivity index (χ2n) is 10.2. The van der Waals surface area contributed by atoms with Crippen LogP contribution in [0.25, 0.3) is 0 Å². The Kier molecular flexibility index (Phi) is 8.83. The lowest BCUT2D eigenvalue weighted by Crippen LogP contribution is -2.60. The van der Waals surface area contributed by atoms with Gasteiger partial charge in [0.15, 0.2) is 22.8 Å². The maximum atomic E-state index is 12.6. The molecule has 0 spiro atoms. The van der Waals surface area contributed by atoms with Crippen LogP contribution in [0.3, 0.4) is 0 Å². The van der Waals surface area contributed by atoms with Crippen LogP contribution in [0.15, 0.2) is 36.4 Å². The summed E-state index contributed by atoms with van der Waals surface area (Å²) in [4.78, 5) is 12.6. The molecule has 8 heteroatoms. The van der Waals surface area contributed by atoms with E-state index in [4.69, 9.17) is 28.4 Å². The summed E-state index contributed by atoms with van der Waals surface area (Å²) < 4.78 is 33.3. The molecule has 1 aliphatic heterocycles. The first kappa shape index (κ1) is 28.7. The van der Waals surface area contributed by atoms with E-state index in [1.165, 1.54) is 0 Å². The standard InChI is InChI=1S/C30H35NO7/c1-28(2,3)38-27(32)31-30(19-36-29(4,5)37-20-30)15-14-22-11-9-10-21(16-22)12-13-23-17-24(33-6)26(35-8)25(18-23)34-7/h9-11,16-18H,19-20H2,1-8H3,(H,31,32). The fourth-order valence-corrected chi connectivity index (χ4v) is 3.52. The van der Waals surface area contributed by atoms with Gasteiger partial charge in [-0.1, -0.05) is 29.7 Å². The number of rotatable bonds is 4. The highest BCUT2D eigenvalue weighted by molar-refractivity contribution is 5.70. The van der Waals surface area contributed by atoms with Crippen LogP contribution in [0.2, 0.25) is 0 Å². The number of alkyl carbamates (subject to hydrolysis) is 1. The van der Waals surface area contributed by atoms with E-state index < -0.39 is 23.0 Å². The fraction of sp³-hybridized carbons (Fsp3) is 0.433. The van der Waals surface area contributed by atoms with Gasteiger partial charge in [-0.05, 0) is 65.0 Å². The summed E-state index contributed by atoms with van der Waals surface area (Å²) >= 11 is 0. The monoisotopic (exact) mass is 521 g/mol. The Morgan fingerprint density at radius 3 is 1.95 bits per heavy atom. The average Bonchev–Trinajstić information content (AvgIpc) is 2.86. The lowest BCUT2D eigenvalue weighted by molar-refractivity contribution is -0.262. The molecule has 0 aromatic heterocycles. The number of carbonyl (C=O) groups is 1. The van der Waals surface area contributed by atoms with Gasteiger partial charge in [-0.25, -0.2) is 4.79 Å². The molecule has 38 heavy (non-hydrogen) atoms. The number of carbonyl (C=O) groups excluding carboxylic acids is 1. The summed E-state index contributed by atoms with van der Waals surface area (Å²) in [5.41, 5.74) is 0.458. The van der Waals surface area contributed by atoms with Gasteiger partial charge >= 0.3 is 6.09 Å². The Morgan fingerprint density at radius 2 is 1.42 bits per heavy atom. The van der Waals surface area contributed by atoms with Crippen LogP contribution >= 0.6 is 0 Å². The third-order valence-electron chi connectivity index (χ3n) is 5.40. The van der Waals surface area contributed by atoms with E-state index >= 15 is 0 Å². The maximum absolute atomic E-state index is 12.6. The van der Waals surface area contributed by atoms with Gasteiger partial charge in [-0.2, -0.15) is 0 Å². The van der Waals surface area contributed by atoms with E-state index in [0.717, 1.165) is 11.1 Å². The highest BCUT2D eigenvalue weighted by Gasteiger charge is 2.41. The lowest BCUT2D eigenvalue weighted by Gasteiger charge is -2.41. The zero-order chi connectivity index (χ0) is 28.0. The summed E-state index contributed by atoms with van der Waals surface area (Å²) in [5.74, 6) is 13.3. The molecule has 0 radical (unpaired) electrons. The minimum Gasteiger partial charge on any atom is -0.493 e. The molecule has 0 bridgehead atoms. The van der Waals surface area contributed by atoms with E-state index in [1.807, 2.05) is 38.1 Å². The van der Waals surface area contributed by atoms with Gasteiger partial charge in [-0.3, -0.25) is 0 Å². The van der Waals surface area contributed by atoms with Crippen LogP contribution < -0.4 is 19.5 Å². The molecule has 3 rings (SSSR count). The quantitative estimate of drug-likeness (QED) is 0.593. The molecule has 1 heterocycles. The summed E-state index contributed by atoms with van der Waals surface area (Å²) in [6.07, 6.45) is -0.594. The molecule has 2 aromatic carbocycles. The first-order valence-electron chi connectivity index (χ1n) is 12.1. The number of hydrogen-bond acceptors (Lipinski definition) is 7. The van der Waals surface area contributed by atoms with E-state index in [-0.39, 0.29) is 13.2 Å². The Bertz CT molecular complexity index is 1250. The Hall–Kier alpha value is -3.85. The number of methoxy groups -OCH3 is 3. The number of benzene rings is 2. The van der Waals surface area contributed by atoms with Crippen molar-refractivity contribution in [3.63, 3.8) is 0 Å². The van der Waals surface area contributed by atoms with Gasteiger partial charge in [0.25, 0.3) is 0 Å². The largest absolute Gasteiger partial charge is 0.493 e. The molecule has 0 unspecified atom stereocenters. The van der Waals surface area contributed by atoms with Crippen molar-refractivity contribution in [3.8, 4) is 40.9 Å². The van der Waals surface area contributed by atoms with Crippen LogP contribution in [0.4, 0.5) is 4.79 Å². The van der Waals surface area contributed by atoms with Gasteiger partial charge in [-0.15, -0.1) is 0 Å². The molecule has 1 fully saturated rings. The normalized spacial score (nSPS) is 15.6. The van der Waals surface area contributed by atoms with Gasteiger partial charge in [0, 0.05) is 16.7 Å². The zero-order valence-corrected chi connectivity index (χ0v) is 23.2. The number of hydrogen-bond donors (Lipinski definition) is 1. The number of amides is 1. The third-order valence-corrected chi connectivity index (χ3v) is 5.40. The Balaban J connectivity index is 1.87. The van der Waals surface area contributed by atoms with Gasteiger partial charge in [0.05, 0.1) is 34.5 Å². The van der Waals surface area contributed by atoms with E-state index in [9.17, 15) is 4.79 Å². The van der Waals surface area contributed by atoms with Crippen molar-refractivity contribution in [2.75, 3.05) is 34.5 Å². The van der Waals surface area contributed by atoms with Crippen LogP contribution in [-0.2, 0) is 14.2 Å². The number of nitrogens with one attached hydrogen (secondary N) is 1. The molecule has 0 saturated carbocycles. The first-order valence-corrected chi connectivity index (χ1v) is 12.1. The van der Waals surface area contributed by atoms with Gasteiger partial charge in [0.1, 0.15) is 5.60 Å². The molecule has 0 atom stereocenters. The molecule has 1 amide bonds. The lowest BCUT2D eigenvalue weighted by atomic mass is 10.00. The molecular weight excluding hydrogens is 486 g/mol. The van der Waals surface area contributed by atoms with E-state index in [0.29, 0.717) is 22.8 Å². The summed E-state index contributed by atoms with van der Waals surface area (Å²) in [6.45, 7) is 9.31. The molecule has 1 saturated heterocycles. The van der Waals surface area contributed by atoms with Crippen molar-refractivity contribution in [2.45, 2.75) is 51.5 Å². The van der Waals surface area contributed by atoms with Crippen molar-refractivity contribution in [3.05, 3.63) is 53.1 Å². The first-order chi connectivity index (χ1) is 17.9. The van der Waals surface area contributed by atoms with E-state index in [1.54, 1.807) is 54.2 Å². The molecule has 8 nitrogen and oxygen atoms in total. The van der Waals surface area contributed by atoms with Crippen molar-refractivity contribution in [1.82, 2.24) is 5.32 Å². The molecule has 2 aromatic rings. The van der Waals surface area contributed by atoms with Crippen LogP contribution in [-0.4, -0.2) is 57.6 Å². The third kappa shape index (κ3) is 7.82. The van der Waals surface area contributed by atoms with Crippen LogP contribution in [0.5, 0.6) is 17.2 Å². The SMILES string of the molecule is COc1cc(C#Cc2cccc(C#CC3(NC(=O)OC(C)(C)C)COC(C)(C)OC3)c2)cc(OC)c1OC. The second-order valence-corrected chi connectivity index (χ2v) is 10.2. The summed E-state index contributed by atoms with van der Waals surface area (Å²) in [7, 11) is 4.67. The average molecular weight is 522 g/mol. The topological polar surface area (TPSA) is 84.5 Å². The predicted octanol–water partition coefficient (Wildman–Crippen LogP) is 4.51. The van der Waals surface area contributed by atoms with E-state index in [2.05, 4.69) is 29.0 Å². The Morgan fingerprint density at radius 1 is 0.868 bits per heavy atom. The Labute approximate surface area is 224 Å². The van der Waals surface area contributed by atoms with Crippen LogP contribution in [0.1, 0.15) is 51.3 Å². The number of ether oxygens (including phenoxy) is 6. The van der Waals surface area contributed by atoms with Crippen molar-refractivity contribution >= 4 is 6.09 Å². The van der Waals surface area contributed by atoms with Gasteiger partial charge in [0.2, 0.25) is 5.75 Å². The van der Waals surface area contributed by atoms with Crippen molar-refractivity contribution < 1.29 is 33.2 Å². The molecule has 1 N–H and O–H groups in total. The zero-order valence-electron chi connectivity index (χ0n) is 23.2. The van der Waals surface area contributed by atoms with Crippen LogP contribution in [0, 0.1) is 23.7 Å². The molecular formula is C30H35NO7. The second kappa shape index (κ2) is 11.7. The minimum atomic E-state index is -1.07. The minimum absolute atomic E-state index is 0.146. The smallest absolute Gasteiger partial charge is 0.409 e. The molecule has 1 aliphatic rings. The highest BCUT2D eigenvalue weighted by Crippen LogP contribution is 2.38. The highest BCUT2D eigenvalue weighted by atomic mass is 16.7. The van der Waals surface area contributed by atoms with Crippen molar-refractivity contribution in [2.24, 2.45) is 0 Å². The maximum Gasteiger partial charge on any atom is 0.409 e. The van der Waals surface area contributed by atoms with Crippen molar-refractivity contribution in [1.29, 1.82) is 0 Å². The fourth-order valence-electron chi connectivity index (χ4n) is 3.52. The summed E-state index contributed by atoms with van der Waals surface area (Å²) in [6, 6.07) is 11.1. The molecule has 202 valence electrons. The van der Waals surface area contributed by atoms with Gasteiger partial charge < -0.3 is 33.7 Å². The predicted molar refractivity (Wildman–Crippen MR) is 143 cm³/mol.